The van der Waals surface area contributed by atoms with E-state index in [1.165, 1.54) is 11.1 Å². The van der Waals surface area contributed by atoms with Crippen LogP contribution in [0.4, 0.5) is 0 Å². The molecule has 1 saturated heterocycles. The summed E-state index contributed by atoms with van der Waals surface area (Å²) in [6, 6.07) is 6.17. The molecule has 0 radical (unpaired) electrons. The third-order valence-electron chi connectivity index (χ3n) is 3.13. The lowest BCUT2D eigenvalue weighted by Crippen LogP contribution is -2.39. The summed E-state index contributed by atoms with van der Waals surface area (Å²) in [5.41, 5.74) is 1.78. The first-order valence-corrected chi connectivity index (χ1v) is 7.24. The third kappa shape index (κ3) is 3.65. The fraction of sp³-hybridized carbons (Fsp3) is 0.571. The normalized spacial score (nSPS) is 19.0. The van der Waals surface area contributed by atoms with E-state index < -0.39 is 5.60 Å². The molecule has 1 aliphatic rings. The first-order chi connectivity index (χ1) is 8.07. The van der Waals surface area contributed by atoms with Crippen molar-refractivity contribution < 1.29 is 9.84 Å². The molecule has 0 atom stereocenters. The molecule has 3 heteroatoms. The first kappa shape index (κ1) is 12.8. The van der Waals surface area contributed by atoms with Crippen molar-refractivity contribution in [2.45, 2.75) is 32.3 Å². The van der Waals surface area contributed by atoms with Crippen molar-refractivity contribution >= 4 is 11.8 Å². The van der Waals surface area contributed by atoms with Crippen LogP contribution in [0.2, 0.25) is 0 Å². The van der Waals surface area contributed by atoms with Crippen LogP contribution < -0.4 is 4.74 Å². The summed E-state index contributed by atoms with van der Waals surface area (Å²) in [5, 5.41) is 10.3. The van der Waals surface area contributed by atoms with Crippen LogP contribution in [0.5, 0.6) is 5.75 Å². The van der Waals surface area contributed by atoms with Crippen LogP contribution in [0.25, 0.3) is 0 Å². The van der Waals surface area contributed by atoms with Crippen LogP contribution >= 0.6 is 11.8 Å². The van der Waals surface area contributed by atoms with Crippen molar-refractivity contribution in [3.05, 3.63) is 29.3 Å². The lowest BCUT2D eigenvalue weighted by Gasteiger charge is -2.31. The average Bonchev–Trinajstić information content (AvgIpc) is 2.26. The standard InChI is InChI=1S/C14H20O2S/c1-11-7-12(2)9-13(8-11)16-10-14(15)3-5-17-6-4-14/h7-9,15H,3-6,10H2,1-2H3. The van der Waals surface area contributed by atoms with E-state index in [0.717, 1.165) is 30.1 Å². The molecule has 0 saturated carbocycles. The van der Waals surface area contributed by atoms with Crippen LogP contribution in [-0.2, 0) is 0 Å². The fourth-order valence-corrected chi connectivity index (χ4v) is 3.38. The maximum Gasteiger partial charge on any atom is 0.119 e. The van der Waals surface area contributed by atoms with Crippen molar-refractivity contribution in [2.75, 3.05) is 18.1 Å². The summed E-state index contributed by atoms with van der Waals surface area (Å²) in [7, 11) is 0. The highest BCUT2D eigenvalue weighted by atomic mass is 32.2. The highest BCUT2D eigenvalue weighted by molar-refractivity contribution is 7.99. The van der Waals surface area contributed by atoms with E-state index in [0.29, 0.717) is 6.61 Å². The Hall–Kier alpha value is -0.670. The Morgan fingerprint density at radius 2 is 1.76 bits per heavy atom. The van der Waals surface area contributed by atoms with Gasteiger partial charge in [0.1, 0.15) is 18.0 Å². The predicted octanol–water partition coefficient (Wildman–Crippen LogP) is 2.94. The lowest BCUT2D eigenvalue weighted by molar-refractivity contribution is -0.0116. The lowest BCUT2D eigenvalue weighted by atomic mass is 9.98. The van der Waals surface area contributed by atoms with Crippen LogP contribution in [0, 0.1) is 13.8 Å². The van der Waals surface area contributed by atoms with E-state index in [9.17, 15) is 5.11 Å². The van der Waals surface area contributed by atoms with Gasteiger partial charge in [-0.1, -0.05) is 6.07 Å². The second-order valence-electron chi connectivity index (χ2n) is 4.95. The molecule has 2 nitrogen and oxygen atoms in total. The van der Waals surface area contributed by atoms with Gasteiger partial charge in [-0.25, -0.2) is 0 Å². The van der Waals surface area contributed by atoms with Gasteiger partial charge in [-0.05, 0) is 61.5 Å². The van der Waals surface area contributed by atoms with Crippen molar-refractivity contribution in [3.8, 4) is 5.75 Å². The van der Waals surface area contributed by atoms with Crippen molar-refractivity contribution in [1.29, 1.82) is 0 Å². The van der Waals surface area contributed by atoms with Crippen molar-refractivity contribution in [2.24, 2.45) is 0 Å². The predicted molar refractivity (Wildman–Crippen MR) is 72.9 cm³/mol. The van der Waals surface area contributed by atoms with E-state index >= 15 is 0 Å². The largest absolute Gasteiger partial charge is 0.491 e. The van der Waals surface area contributed by atoms with Gasteiger partial charge in [0.2, 0.25) is 0 Å². The number of hydrogen-bond acceptors (Lipinski definition) is 3. The van der Waals surface area contributed by atoms with Crippen LogP contribution in [0.3, 0.4) is 0 Å². The van der Waals surface area contributed by atoms with Gasteiger partial charge in [0.15, 0.2) is 0 Å². The van der Waals surface area contributed by atoms with Crippen LogP contribution in [0.15, 0.2) is 18.2 Å². The van der Waals surface area contributed by atoms with Crippen LogP contribution in [-0.4, -0.2) is 28.8 Å². The molecule has 1 fully saturated rings. The van der Waals surface area contributed by atoms with Gasteiger partial charge in [-0.2, -0.15) is 11.8 Å². The average molecular weight is 252 g/mol. The molecular formula is C14H20O2S. The summed E-state index contributed by atoms with van der Waals surface area (Å²) < 4.78 is 5.75. The molecule has 0 unspecified atom stereocenters. The van der Waals surface area contributed by atoms with Crippen molar-refractivity contribution in [1.82, 2.24) is 0 Å². The molecular weight excluding hydrogens is 232 g/mol. The Morgan fingerprint density at radius 3 is 2.35 bits per heavy atom. The number of thioether (sulfide) groups is 1. The quantitative estimate of drug-likeness (QED) is 0.897. The van der Waals surface area contributed by atoms with Crippen LogP contribution in [0.1, 0.15) is 24.0 Å². The van der Waals surface area contributed by atoms with E-state index in [1.807, 2.05) is 23.9 Å². The molecule has 94 valence electrons. The number of ether oxygens (including phenoxy) is 1. The van der Waals surface area contributed by atoms with Gasteiger partial charge in [0, 0.05) is 0 Å². The fourth-order valence-electron chi connectivity index (χ4n) is 2.13. The van der Waals surface area contributed by atoms with E-state index in [2.05, 4.69) is 19.9 Å². The Balaban J connectivity index is 1.96. The van der Waals surface area contributed by atoms with E-state index in [-0.39, 0.29) is 0 Å². The number of aryl methyl sites for hydroxylation is 2. The zero-order chi connectivity index (χ0) is 12.3. The highest BCUT2D eigenvalue weighted by Gasteiger charge is 2.30. The van der Waals surface area contributed by atoms with Gasteiger partial charge in [0.05, 0.1) is 0 Å². The summed E-state index contributed by atoms with van der Waals surface area (Å²) in [4.78, 5) is 0. The van der Waals surface area contributed by atoms with Gasteiger partial charge in [0.25, 0.3) is 0 Å². The summed E-state index contributed by atoms with van der Waals surface area (Å²) in [6.45, 7) is 4.54. The second kappa shape index (κ2) is 5.32. The maximum absolute atomic E-state index is 10.3. The Labute approximate surface area is 107 Å². The van der Waals surface area contributed by atoms with Gasteiger partial charge < -0.3 is 9.84 Å². The minimum atomic E-state index is -0.622. The number of hydrogen-bond donors (Lipinski definition) is 1. The minimum absolute atomic E-state index is 0.413. The summed E-state index contributed by atoms with van der Waals surface area (Å²) in [5.74, 6) is 2.94. The van der Waals surface area contributed by atoms with E-state index in [4.69, 9.17) is 4.74 Å². The number of aliphatic hydroxyl groups is 1. The molecule has 1 heterocycles. The van der Waals surface area contributed by atoms with E-state index in [1.54, 1.807) is 0 Å². The molecule has 2 rings (SSSR count). The molecule has 1 aromatic rings. The second-order valence-corrected chi connectivity index (χ2v) is 6.17. The molecule has 0 aromatic heterocycles. The van der Waals surface area contributed by atoms with Gasteiger partial charge >= 0.3 is 0 Å². The van der Waals surface area contributed by atoms with Crippen molar-refractivity contribution in [3.63, 3.8) is 0 Å². The summed E-state index contributed by atoms with van der Waals surface area (Å²) >= 11 is 1.91. The zero-order valence-corrected chi connectivity index (χ0v) is 11.3. The molecule has 1 N–H and O–H groups in total. The first-order valence-electron chi connectivity index (χ1n) is 6.09. The molecule has 0 amide bonds. The molecule has 0 spiro atoms. The molecule has 0 bridgehead atoms. The minimum Gasteiger partial charge on any atom is -0.491 e. The Morgan fingerprint density at radius 1 is 1.18 bits per heavy atom. The molecule has 1 aromatic carbocycles. The topological polar surface area (TPSA) is 29.5 Å². The highest BCUT2D eigenvalue weighted by Crippen LogP contribution is 2.28. The van der Waals surface area contributed by atoms with Gasteiger partial charge in [-0.3, -0.25) is 0 Å². The summed E-state index contributed by atoms with van der Waals surface area (Å²) in [6.07, 6.45) is 1.67. The smallest absolute Gasteiger partial charge is 0.119 e. The van der Waals surface area contributed by atoms with Gasteiger partial charge in [-0.15, -0.1) is 0 Å². The zero-order valence-electron chi connectivity index (χ0n) is 10.5. The number of benzene rings is 1. The Bertz CT molecular complexity index is 364. The Kier molecular flexibility index (Phi) is 4.00. The maximum atomic E-state index is 10.3. The number of rotatable bonds is 3. The monoisotopic (exact) mass is 252 g/mol. The third-order valence-corrected chi connectivity index (χ3v) is 4.11. The molecule has 1 aliphatic heterocycles. The molecule has 0 aliphatic carbocycles. The SMILES string of the molecule is Cc1cc(C)cc(OCC2(O)CCSCC2)c1. The molecule has 17 heavy (non-hydrogen) atoms.